The number of ether oxygens (including phenoxy) is 2. The van der Waals surface area contributed by atoms with Crippen molar-refractivity contribution in [3.8, 4) is 11.5 Å². The van der Waals surface area contributed by atoms with Crippen molar-refractivity contribution < 1.29 is 18.3 Å². The molecule has 0 amide bonds. The topological polar surface area (TPSA) is 30.5 Å². The third-order valence-electron chi connectivity index (χ3n) is 3.92. The molecule has 0 atom stereocenters. The number of hydrogen-bond acceptors (Lipinski definition) is 3. The van der Waals surface area contributed by atoms with E-state index in [-0.39, 0.29) is 5.75 Å². The van der Waals surface area contributed by atoms with Gasteiger partial charge in [-0.3, -0.25) is 0 Å². The van der Waals surface area contributed by atoms with Gasteiger partial charge >= 0.3 is 6.61 Å². The van der Waals surface area contributed by atoms with E-state index in [1.807, 2.05) is 0 Å². The third kappa shape index (κ3) is 4.84. The summed E-state index contributed by atoms with van der Waals surface area (Å²) in [4.78, 5) is 0. The molecule has 0 radical (unpaired) electrons. The summed E-state index contributed by atoms with van der Waals surface area (Å²) in [6.45, 7) is -2.33. The van der Waals surface area contributed by atoms with Gasteiger partial charge in [0.05, 0.1) is 7.11 Å². The fourth-order valence-corrected chi connectivity index (χ4v) is 2.82. The van der Waals surface area contributed by atoms with E-state index in [2.05, 4.69) is 10.1 Å². The molecule has 0 bridgehead atoms. The van der Waals surface area contributed by atoms with Crippen LogP contribution in [0.15, 0.2) is 18.2 Å². The molecule has 21 heavy (non-hydrogen) atoms. The Morgan fingerprint density at radius 1 is 1.19 bits per heavy atom. The van der Waals surface area contributed by atoms with Gasteiger partial charge in [-0.1, -0.05) is 37.8 Å². The average Bonchev–Trinajstić information content (AvgIpc) is 2.74. The van der Waals surface area contributed by atoms with Crippen LogP contribution in [0, 0.1) is 0 Å². The van der Waals surface area contributed by atoms with Gasteiger partial charge in [-0.15, -0.1) is 0 Å². The Balaban J connectivity index is 2.03. The number of halogens is 2. The van der Waals surface area contributed by atoms with Crippen LogP contribution in [0.4, 0.5) is 8.78 Å². The first kappa shape index (κ1) is 16.0. The molecule has 1 aliphatic rings. The van der Waals surface area contributed by atoms with Crippen LogP contribution in [0.1, 0.15) is 44.1 Å². The van der Waals surface area contributed by atoms with Crippen LogP contribution in [-0.4, -0.2) is 19.8 Å². The quantitative estimate of drug-likeness (QED) is 0.802. The van der Waals surface area contributed by atoms with Crippen LogP contribution in [0.25, 0.3) is 0 Å². The van der Waals surface area contributed by atoms with Gasteiger partial charge in [0.25, 0.3) is 0 Å². The number of benzene rings is 1. The molecule has 0 saturated heterocycles. The molecular formula is C16H23F2NO2. The van der Waals surface area contributed by atoms with Crippen LogP contribution in [0.2, 0.25) is 0 Å². The Hall–Kier alpha value is -1.36. The van der Waals surface area contributed by atoms with Gasteiger partial charge in [-0.05, 0) is 18.9 Å². The predicted octanol–water partition coefficient (Wildman–Crippen LogP) is 4.11. The van der Waals surface area contributed by atoms with Crippen molar-refractivity contribution in [1.29, 1.82) is 0 Å². The van der Waals surface area contributed by atoms with Crippen LogP contribution < -0.4 is 14.8 Å². The number of rotatable bonds is 6. The van der Waals surface area contributed by atoms with E-state index in [9.17, 15) is 8.78 Å². The van der Waals surface area contributed by atoms with Crippen molar-refractivity contribution in [2.45, 2.75) is 57.7 Å². The van der Waals surface area contributed by atoms with Gasteiger partial charge in [0.2, 0.25) is 0 Å². The van der Waals surface area contributed by atoms with E-state index in [1.54, 1.807) is 18.2 Å². The molecule has 1 aliphatic carbocycles. The largest absolute Gasteiger partial charge is 0.493 e. The number of alkyl halides is 2. The monoisotopic (exact) mass is 299 g/mol. The second-order valence-corrected chi connectivity index (χ2v) is 5.40. The van der Waals surface area contributed by atoms with Crippen molar-refractivity contribution in [3.63, 3.8) is 0 Å². The highest BCUT2D eigenvalue weighted by Crippen LogP contribution is 2.32. The smallest absolute Gasteiger partial charge is 0.387 e. The molecule has 0 unspecified atom stereocenters. The van der Waals surface area contributed by atoms with Gasteiger partial charge in [0.15, 0.2) is 11.5 Å². The summed E-state index contributed by atoms with van der Waals surface area (Å²) in [5.74, 6) is 0.478. The zero-order chi connectivity index (χ0) is 15.1. The zero-order valence-corrected chi connectivity index (χ0v) is 12.4. The van der Waals surface area contributed by atoms with Gasteiger partial charge in [0.1, 0.15) is 0 Å². The first-order chi connectivity index (χ1) is 10.2. The molecule has 1 saturated carbocycles. The molecule has 5 heteroatoms. The van der Waals surface area contributed by atoms with E-state index in [4.69, 9.17) is 4.74 Å². The van der Waals surface area contributed by atoms with Gasteiger partial charge in [-0.25, -0.2) is 0 Å². The molecular weight excluding hydrogens is 276 g/mol. The van der Waals surface area contributed by atoms with Crippen LogP contribution >= 0.6 is 0 Å². The maximum atomic E-state index is 12.6. The van der Waals surface area contributed by atoms with E-state index >= 15 is 0 Å². The minimum Gasteiger partial charge on any atom is -0.493 e. The highest BCUT2D eigenvalue weighted by molar-refractivity contribution is 5.46. The van der Waals surface area contributed by atoms with Crippen LogP contribution in [-0.2, 0) is 6.54 Å². The van der Waals surface area contributed by atoms with Gasteiger partial charge in [-0.2, -0.15) is 8.78 Å². The van der Waals surface area contributed by atoms with Crippen molar-refractivity contribution in [1.82, 2.24) is 5.32 Å². The van der Waals surface area contributed by atoms with E-state index in [0.717, 1.165) is 12.8 Å². The molecule has 1 aromatic rings. The van der Waals surface area contributed by atoms with Crippen molar-refractivity contribution >= 4 is 0 Å². The lowest BCUT2D eigenvalue weighted by atomic mass is 10.1. The highest BCUT2D eigenvalue weighted by atomic mass is 19.3. The molecule has 0 heterocycles. The van der Waals surface area contributed by atoms with E-state index in [1.165, 1.54) is 32.8 Å². The van der Waals surface area contributed by atoms with Crippen LogP contribution in [0.3, 0.4) is 0 Å². The normalized spacial score (nSPS) is 16.8. The van der Waals surface area contributed by atoms with E-state index < -0.39 is 6.61 Å². The Morgan fingerprint density at radius 2 is 1.90 bits per heavy atom. The Bertz CT molecular complexity index is 432. The maximum Gasteiger partial charge on any atom is 0.387 e. The van der Waals surface area contributed by atoms with Crippen molar-refractivity contribution in [3.05, 3.63) is 23.8 Å². The van der Waals surface area contributed by atoms with E-state index in [0.29, 0.717) is 23.9 Å². The van der Waals surface area contributed by atoms with Gasteiger partial charge < -0.3 is 14.8 Å². The highest BCUT2D eigenvalue weighted by Gasteiger charge is 2.17. The first-order valence-electron chi connectivity index (χ1n) is 7.54. The summed E-state index contributed by atoms with van der Waals surface area (Å²) >= 11 is 0. The van der Waals surface area contributed by atoms with Crippen molar-refractivity contribution in [2.24, 2.45) is 0 Å². The number of para-hydroxylation sites is 1. The molecule has 118 valence electrons. The fraction of sp³-hybridized carbons (Fsp3) is 0.625. The summed E-state index contributed by atoms with van der Waals surface area (Å²) < 4.78 is 34.9. The number of nitrogens with one attached hydrogen (secondary N) is 1. The number of methoxy groups -OCH3 is 1. The molecule has 2 rings (SSSR count). The summed E-state index contributed by atoms with van der Waals surface area (Å²) in [6, 6.07) is 5.68. The minimum atomic E-state index is -2.85. The summed E-state index contributed by atoms with van der Waals surface area (Å²) in [5, 5.41) is 3.46. The second-order valence-electron chi connectivity index (χ2n) is 5.40. The third-order valence-corrected chi connectivity index (χ3v) is 3.92. The lowest BCUT2D eigenvalue weighted by molar-refractivity contribution is -0.0518. The minimum absolute atomic E-state index is 0.135. The fourth-order valence-electron chi connectivity index (χ4n) is 2.82. The predicted molar refractivity (Wildman–Crippen MR) is 78.0 cm³/mol. The Labute approximate surface area is 124 Å². The number of hydrogen-bond donors (Lipinski definition) is 1. The standard InChI is InChI=1S/C16H23F2NO2/c1-20-14-10-6-7-12(15(14)21-16(17)18)11-19-13-8-4-2-3-5-9-13/h6-7,10,13,16,19H,2-5,8-9,11H2,1H3. The molecule has 1 N–H and O–H groups in total. The first-order valence-corrected chi connectivity index (χ1v) is 7.54. The Morgan fingerprint density at radius 3 is 2.52 bits per heavy atom. The maximum absolute atomic E-state index is 12.6. The lowest BCUT2D eigenvalue weighted by Crippen LogP contribution is -2.28. The SMILES string of the molecule is COc1cccc(CNC2CCCCCC2)c1OC(F)F. The summed E-state index contributed by atoms with van der Waals surface area (Å²) in [7, 11) is 1.45. The molecule has 3 nitrogen and oxygen atoms in total. The summed E-state index contributed by atoms with van der Waals surface area (Å²) in [6.07, 6.45) is 7.34. The van der Waals surface area contributed by atoms with Crippen molar-refractivity contribution in [2.75, 3.05) is 7.11 Å². The van der Waals surface area contributed by atoms with Gasteiger partial charge in [0, 0.05) is 18.2 Å². The molecule has 1 fully saturated rings. The molecule has 0 aromatic heterocycles. The second kappa shape index (κ2) is 8.17. The zero-order valence-electron chi connectivity index (χ0n) is 12.4. The molecule has 0 aliphatic heterocycles. The Kier molecular flexibility index (Phi) is 6.23. The summed E-state index contributed by atoms with van der Waals surface area (Å²) in [5.41, 5.74) is 0.707. The lowest BCUT2D eigenvalue weighted by Gasteiger charge is -2.19. The molecule has 1 aromatic carbocycles. The van der Waals surface area contributed by atoms with Crippen LogP contribution in [0.5, 0.6) is 11.5 Å². The molecule has 0 spiro atoms. The average molecular weight is 299 g/mol.